The average Bonchev–Trinajstić information content (AvgIpc) is 2.53. The molecule has 1 saturated carbocycles. The molecule has 0 bridgehead atoms. The molecule has 1 fully saturated rings. The van der Waals surface area contributed by atoms with Crippen LogP contribution < -0.4 is 5.73 Å². The van der Waals surface area contributed by atoms with Crippen molar-refractivity contribution in [2.45, 2.75) is 59.9 Å². The Morgan fingerprint density at radius 3 is 2.15 bits per heavy atom. The van der Waals surface area contributed by atoms with Crippen molar-refractivity contribution in [3.8, 4) is 0 Å². The summed E-state index contributed by atoms with van der Waals surface area (Å²) in [5.41, 5.74) is 7.14. The fourth-order valence-corrected chi connectivity index (χ4v) is 2.04. The highest BCUT2D eigenvalue weighted by Crippen LogP contribution is 2.53. The lowest BCUT2D eigenvalue weighted by Gasteiger charge is -2.21. The zero-order valence-corrected chi connectivity index (χ0v) is 9.85. The third-order valence-corrected chi connectivity index (χ3v) is 3.33. The van der Waals surface area contributed by atoms with Gasteiger partial charge in [0.15, 0.2) is 0 Å². The van der Waals surface area contributed by atoms with Crippen LogP contribution in [0.2, 0.25) is 0 Å². The molecule has 1 aliphatic rings. The molecule has 2 N–H and O–H groups in total. The van der Waals surface area contributed by atoms with Crippen molar-refractivity contribution in [2.75, 3.05) is 0 Å². The quantitative estimate of drug-likeness (QED) is 0.714. The molecule has 0 heterocycles. The summed E-state index contributed by atoms with van der Waals surface area (Å²) in [7, 11) is 0. The van der Waals surface area contributed by atoms with Crippen molar-refractivity contribution >= 4 is 0 Å². The van der Waals surface area contributed by atoms with Gasteiger partial charge in [-0.25, -0.2) is 0 Å². The van der Waals surface area contributed by atoms with Crippen LogP contribution in [0.3, 0.4) is 0 Å². The summed E-state index contributed by atoms with van der Waals surface area (Å²) in [5, 5.41) is 0. The average molecular weight is 183 g/mol. The van der Waals surface area contributed by atoms with E-state index in [1.54, 1.807) is 0 Å². The van der Waals surface area contributed by atoms with E-state index in [-0.39, 0.29) is 0 Å². The summed E-state index contributed by atoms with van der Waals surface area (Å²) in [4.78, 5) is 0. The smallest absolute Gasteiger partial charge is 0.00726 e. The molecule has 0 radical (unpaired) electrons. The maximum Gasteiger partial charge on any atom is 0.00726 e. The second-order valence-electron chi connectivity index (χ2n) is 6.56. The van der Waals surface area contributed by atoms with Gasteiger partial charge in [-0.15, -0.1) is 0 Å². The number of hydrogen-bond acceptors (Lipinski definition) is 1. The molecule has 0 aromatic rings. The van der Waals surface area contributed by atoms with Crippen LogP contribution in [0, 0.1) is 16.7 Å². The van der Waals surface area contributed by atoms with Gasteiger partial charge in [0.2, 0.25) is 0 Å². The van der Waals surface area contributed by atoms with Crippen LogP contribution in [0.25, 0.3) is 0 Å². The molecule has 1 rings (SSSR count). The summed E-state index contributed by atoms with van der Waals surface area (Å²) < 4.78 is 0. The van der Waals surface area contributed by atoms with Crippen molar-refractivity contribution < 1.29 is 0 Å². The Hall–Kier alpha value is -0.0400. The lowest BCUT2D eigenvalue weighted by molar-refractivity contribution is 0.329. The van der Waals surface area contributed by atoms with E-state index in [0.29, 0.717) is 16.9 Å². The third-order valence-electron chi connectivity index (χ3n) is 3.33. The SMILES string of the molecule is CC(C)(C)CCC(N)C1CC1(C)C. The summed E-state index contributed by atoms with van der Waals surface area (Å²) in [5.74, 6) is 0.787. The molecule has 78 valence electrons. The minimum atomic E-state index is 0.439. The molecular formula is C12H25N. The molecule has 0 spiro atoms. The van der Waals surface area contributed by atoms with Crippen LogP contribution in [0.1, 0.15) is 53.9 Å². The molecule has 0 amide bonds. The Morgan fingerprint density at radius 2 is 1.85 bits per heavy atom. The first-order valence-corrected chi connectivity index (χ1v) is 5.48. The van der Waals surface area contributed by atoms with E-state index in [2.05, 4.69) is 34.6 Å². The fraction of sp³-hybridized carbons (Fsp3) is 1.00. The van der Waals surface area contributed by atoms with E-state index in [9.17, 15) is 0 Å². The molecule has 13 heavy (non-hydrogen) atoms. The van der Waals surface area contributed by atoms with Gasteiger partial charge < -0.3 is 5.73 Å². The Labute approximate surface area is 83.1 Å². The first-order chi connectivity index (χ1) is 5.72. The molecule has 0 aromatic carbocycles. The number of hydrogen-bond donors (Lipinski definition) is 1. The lowest BCUT2D eigenvalue weighted by Crippen LogP contribution is -2.26. The fourth-order valence-electron chi connectivity index (χ4n) is 2.04. The van der Waals surface area contributed by atoms with E-state index in [0.717, 1.165) is 5.92 Å². The standard InChI is InChI=1S/C12H25N/c1-11(2,3)7-6-10(13)9-8-12(9,4)5/h9-10H,6-8,13H2,1-5H3. The Kier molecular flexibility index (Phi) is 2.78. The van der Waals surface area contributed by atoms with Crippen LogP contribution in [0.5, 0.6) is 0 Å². The molecule has 1 nitrogen and oxygen atoms in total. The Morgan fingerprint density at radius 1 is 1.38 bits per heavy atom. The first kappa shape index (κ1) is 11.0. The highest BCUT2D eigenvalue weighted by Gasteiger charge is 2.48. The number of nitrogens with two attached hydrogens (primary N) is 1. The van der Waals surface area contributed by atoms with Crippen molar-refractivity contribution in [2.24, 2.45) is 22.5 Å². The minimum Gasteiger partial charge on any atom is -0.327 e. The van der Waals surface area contributed by atoms with Gasteiger partial charge in [-0.05, 0) is 36.0 Å². The zero-order chi connectivity index (χ0) is 10.3. The third kappa shape index (κ3) is 3.30. The predicted molar refractivity (Wildman–Crippen MR) is 58.6 cm³/mol. The van der Waals surface area contributed by atoms with Crippen molar-refractivity contribution in [3.05, 3.63) is 0 Å². The Bertz CT molecular complexity index is 176. The normalized spacial score (nSPS) is 28.6. The summed E-state index contributed by atoms with van der Waals surface area (Å²) >= 11 is 0. The highest BCUT2D eigenvalue weighted by atomic mass is 14.7. The van der Waals surface area contributed by atoms with Crippen LogP contribution in [-0.4, -0.2) is 6.04 Å². The van der Waals surface area contributed by atoms with Gasteiger partial charge in [0, 0.05) is 6.04 Å². The largest absolute Gasteiger partial charge is 0.327 e. The molecule has 2 unspecified atom stereocenters. The molecule has 2 atom stereocenters. The summed E-state index contributed by atoms with van der Waals surface area (Å²) in [6.07, 6.45) is 3.77. The van der Waals surface area contributed by atoms with E-state index in [4.69, 9.17) is 5.73 Å². The maximum atomic E-state index is 6.16. The molecule has 0 saturated heterocycles. The van der Waals surface area contributed by atoms with Crippen LogP contribution in [0.15, 0.2) is 0 Å². The second-order valence-corrected chi connectivity index (χ2v) is 6.56. The van der Waals surface area contributed by atoms with Crippen LogP contribution >= 0.6 is 0 Å². The lowest BCUT2D eigenvalue weighted by atomic mass is 9.87. The minimum absolute atomic E-state index is 0.439. The van der Waals surface area contributed by atoms with Crippen molar-refractivity contribution in [1.29, 1.82) is 0 Å². The van der Waals surface area contributed by atoms with E-state index >= 15 is 0 Å². The highest BCUT2D eigenvalue weighted by molar-refractivity contribution is 5.00. The zero-order valence-electron chi connectivity index (χ0n) is 9.85. The molecule has 0 aromatic heterocycles. The van der Waals surface area contributed by atoms with Crippen LogP contribution in [0.4, 0.5) is 0 Å². The summed E-state index contributed by atoms with van der Waals surface area (Å²) in [6, 6.07) is 0.439. The predicted octanol–water partition coefficient (Wildman–Crippen LogP) is 3.19. The van der Waals surface area contributed by atoms with Gasteiger partial charge in [0.05, 0.1) is 0 Å². The molecule has 1 heteroatoms. The van der Waals surface area contributed by atoms with Gasteiger partial charge in [-0.1, -0.05) is 34.6 Å². The first-order valence-electron chi connectivity index (χ1n) is 5.48. The topological polar surface area (TPSA) is 26.0 Å². The van der Waals surface area contributed by atoms with Gasteiger partial charge in [0.25, 0.3) is 0 Å². The van der Waals surface area contributed by atoms with Gasteiger partial charge in [-0.2, -0.15) is 0 Å². The molecular weight excluding hydrogens is 158 g/mol. The monoisotopic (exact) mass is 183 g/mol. The van der Waals surface area contributed by atoms with Crippen LogP contribution in [-0.2, 0) is 0 Å². The van der Waals surface area contributed by atoms with E-state index in [1.807, 2.05) is 0 Å². The Balaban J connectivity index is 2.24. The van der Waals surface area contributed by atoms with Crippen molar-refractivity contribution in [1.82, 2.24) is 0 Å². The number of rotatable bonds is 3. The maximum absolute atomic E-state index is 6.16. The van der Waals surface area contributed by atoms with E-state index in [1.165, 1.54) is 19.3 Å². The second kappa shape index (κ2) is 3.27. The van der Waals surface area contributed by atoms with E-state index < -0.39 is 0 Å². The van der Waals surface area contributed by atoms with Gasteiger partial charge >= 0.3 is 0 Å². The van der Waals surface area contributed by atoms with Gasteiger partial charge in [0.1, 0.15) is 0 Å². The molecule has 0 aliphatic heterocycles. The van der Waals surface area contributed by atoms with Gasteiger partial charge in [-0.3, -0.25) is 0 Å². The molecule has 1 aliphatic carbocycles. The summed E-state index contributed by atoms with van der Waals surface area (Å²) in [6.45, 7) is 11.5. The van der Waals surface area contributed by atoms with Crippen molar-refractivity contribution in [3.63, 3.8) is 0 Å².